The summed E-state index contributed by atoms with van der Waals surface area (Å²) in [6.45, 7) is 0.922. The van der Waals surface area contributed by atoms with E-state index < -0.39 is 26.5 Å². The predicted octanol–water partition coefficient (Wildman–Crippen LogP) is 0.339. The molecule has 0 saturated carbocycles. The van der Waals surface area contributed by atoms with E-state index in [0.717, 1.165) is 6.26 Å². The molecule has 2 N–H and O–H groups in total. The third-order valence-corrected chi connectivity index (χ3v) is 6.21. The number of carbonyl (C=O) groups excluding carboxylic acids is 2. The van der Waals surface area contributed by atoms with Crippen LogP contribution in [0, 0.1) is 0 Å². The van der Waals surface area contributed by atoms with E-state index in [1.165, 1.54) is 17.7 Å². The van der Waals surface area contributed by atoms with Gasteiger partial charge < -0.3 is 19.9 Å². The minimum Gasteiger partial charge on any atom is -0.464 e. The number of aryl methyl sites for hydroxylation is 1. The van der Waals surface area contributed by atoms with Gasteiger partial charge in [0.25, 0.3) is 0 Å². The number of carbonyl (C=O) groups is 2. The first-order valence-corrected chi connectivity index (χ1v) is 9.07. The lowest BCUT2D eigenvalue weighted by Gasteiger charge is -2.34. The van der Waals surface area contributed by atoms with E-state index in [2.05, 4.69) is 15.4 Å². The van der Waals surface area contributed by atoms with Crippen LogP contribution in [0.3, 0.4) is 0 Å². The van der Waals surface area contributed by atoms with Crippen LogP contribution < -0.4 is 10.6 Å². The molecule has 8 nitrogen and oxygen atoms in total. The maximum absolute atomic E-state index is 12.7. The summed E-state index contributed by atoms with van der Waals surface area (Å²) in [6, 6.07) is 1.46. The Bertz CT molecular complexity index is 723. The monoisotopic (exact) mass is 379 g/mol. The Hall–Kier alpha value is -1.58. The van der Waals surface area contributed by atoms with Crippen molar-refractivity contribution < 1.29 is 22.7 Å². The molecule has 0 atom stereocenters. The molecular weight excluding hydrogens is 358 g/mol. The Labute approximate surface area is 147 Å². The third kappa shape index (κ3) is 3.73. The van der Waals surface area contributed by atoms with Crippen LogP contribution in [-0.2, 0) is 26.4 Å². The summed E-state index contributed by atoms with van der Waals surface area (Å²) in [6.07, 6.45) is 3.06. The van der Waals surface area contributed by atoms with Gasteiger partial charge in [-0.1, -0.05) is 0 Å². The Morgan fingerprint density at radius 3 is 2.42 bits per heavy atom. The van der Waals surface area contributed by atoms with Gasteiger partial charge in [0.15, 0.2) is 14.6 Å². The molecule has 1 aromatic rings. The lowest BCUT2D eigenvalue weighted by molar-refractivity contribution is -0.119. The number of hydrogen-bond donors (Lipinski definition) is 2. The maximum Gasteiger partial charge on any atom is 0.354 e. The molecule has 0 bridgehead atoms. The van der Waals surface area contributed by atoms with Crippen molar-refractivity contribution in [1.29, 1.82) is 0 Å². The number of hydrogen-bond acceptors (Lipinski definition) is 6. The van der Waals surface area contributed by atoms with Crippen molar-refractivity contribution in [3.8, 4) is 0 Å². The van der Waals surface area contributed by atoms with Crippen LogP contribution in [0.5, 0.6) is 0 Å². The molecule has 1 aliphatic rings. The molecule has 0 aromatic carbocycles. The fraction of sp³-hybridized carbons (Fsp3) is 0.571. The topological polar surface area (TPSA) is 106 Å². The van der Waals surface area contributed by atoms with Crippen LogP contribution in [-0.4, -0.2) is 56.1 Å². The minimum atomic E-state index is -3.58. The van der Waals surface area contributed by atoms with Crippen LogP contribution in [0.15, 0.2) is 12.3 Å². The van der Waals surface area contributed by atoms with Gasteiger partial charge in [-0.3, -0.25) is 4.79 Å². The van der Waals surface area contributed by atoms with Crippen LogP contribution in [0.25, 0.3) is 0 Å². The molecule has 24 heavy (non-hydrogen) atoms. The first-order valence-electron chi connectivity index (χ1n) is 7.18. The summed E-state index contributed by atoms with van der Waals surface area (Å²) in [5.41, 5.74) is 0.626. The van der Waals surface area contributed by atoms with Gasteiger partial charge in [-0.15, -0.1) is 12.4 Å². The van der Waals surface area contributed by atoms with E-state index in [1.54, 1.807) is 13.2 Å². The van der Waals surface area contributed by atoms with Crippen molar-refractivity contribution in [2.45, 2.75) is 17.6 Å². The molecule has 0 spiro atoms. The highest BCUT2D eigenvalue weighted by molar-refractivity contribution is 7.92. The average molecular weight is 380 g/mol. The van der Waals surface area contributed by atoms with Gasteiger partial charge in [0.05, 0.1) is 12.8 Å². The summed E-state index contributed by atoms with van der Waals surface area (Å²) in [5.74, 6) is -1.10. The van der Waals surface area contributed by atoms with E-state index >= 15 is 0 Å². The van der Waals surface area contributed by atoms with Crippen LogP contribution in [0.2, 0.25) is 0 Å². The highest BCUT2D eigenvalue weighted by Crippen LogP contribution is 2.29. The summed E-state index contributed by atoms with van der Waals surface area (Å²) < 4.78 is 29.1. The molecule has 1 aliphatic heterocycles. The maximum atomic E-state index is 12.7. The molecule has 0 radical (unpaired) electrons. The van der Waals surface area contributed by atoms with E-state index in [9.17, 15) is 18.0 Å². The number of ether oxygens (including phenoxy) is 1. The first kappa shape index (κ1) is 20.5. The summed E-state index contributed by atoms with van der Waals surface area (Å²) in [7, 11) is -0.679. The molecule has 2 heterocycles. The molecular formula is C14H22ClN3O5S. The standard InChI is InChI=1S/C14H21N3O5S.ClH/c1-17-9-10(8-11(17)12(18)22-2)16-13(19)14(23(3,20)21)4-6-15-7-5-14;/h8-9,15H,4-7H2,1-3H3,(H,16,19);1H. The van der Waals surface area contributed by atoms with Crippen LogP contribution in [0.1, 0.15) is 23.3 Å². The van der Waals surface area contributed by atoms with Crippen molar-refractivity contribution in [3.63, 3.8) is 0 Å². The smallest absolute Gasteiger partial charge is 0.354 e. The van der Waals surface area contributed by atoms with Crippen molar-refractivity contribution in [1.82, 2.24) is 9.88 Å². The SMILES string of the molecule is COC(=O)c1cc(NC(=O)C2(S(C)(=O)=O)CCNCC2)cn1C.Cl. The van der Waals surface area contributed by atoms with Gasteiger partial charge in [-0.05, 0) is 32.0 Å². The Balaban J connectivity index is 0.00000288. The largest absolute Gasteiger partial charge is 0.464 e. The minimum absolute atomic E-state index is 0. The zero-order valence-electron chi connectivity index (χ0n) is 13.8. The highest BCUT2D eigenvalue weighted by atomic mass is 35.5. The van der Waals surface area contributed by atoms with E-state index in [-0.39, 0.29) is 30.9 Å². The third-order valence-electron chi connectivity index (χ3n) is 4.19. The van der Waals surface area contributed by atoms with E-state index in [1.807, 2.05) is 0 Å². The second-order valence-electron chi connectivity index (χ2n) is 5.69. The number of nitrogens with one attached hydrogen (secondary N) is 2. The molecule has 136 valence electrons. The predicted molar refractivity (Wildman–Crippen MR) is 92.3 cm³/mol. The fourth-order valence-corrected chi connectivity index (χ4v) is 4.12. The van der Waals surface area contributed by atoms with Crippen molar-refractivity contribution >= 4 is 39.8 Å². The Morgan fingerprint density at radius 1 is 1.33 bits per heavy atom. The van der Waals surface area contributed by atoms with E-state index in [4.69, 9.17) is 0 Å². The molecule has 0 unspecified atom stereocenters. The van der Waals surface area contributed by atoms with Crippen LogP contribution in [0.4, 0.5) is 5.69 Å². The lowest BCUT2D eigenvalue weighted by atomic mass is 9.96. The summed E-state index contributed by atoms with van der Waals surface area (Å²) in [5, 5.41) is 5.68. The molecule has 10 heteroatoms. The normalized spacial score (nSPS) is 16.8. The Morgan fingerprint density at radius 2 is 1.92 bits per heavy atom. The number of piperidine rings is 1. The number of methoxy groups -OCH3 is 1. The zero-order chi connectivity index (χ0) is 17.3. The molecule has 1 amide bonds. The van der Waals surface area contributed by atoms with Crippen molar-refractivity contribution in [2.24, 2.45) is 7.05 Å². The highest BCUT2D eigenvalue weighted by Gasteiger charge is 2.48. The van der Waals surface area contributed by atoms with Gasteiger partial charge in [-0.2, -0.15) is 0 Å². The number of halogens is 1. The van der Waals surface area contributed by atoms with Crippen LogP contribution >= 0.6 is 12.4 Å². The summed E-state index contributed by atoms with van der Waals surface area (Å²) in [4.78, 5) is 24.3. The second kappa shape index (κ2) is 7.54. The number of aromatic nitrogens is 1. The second-order valence-corrected chi connectivity index (χ2v) is 8.01. The zero-order valence-corrected chi connectivity index (χ0v) is 15.4. The van der Waals surface area contributed by atoms with Gasteiger partial charge in [0.1, 0.15) is 5.69 Å². The Kier molecular flexibility index (Phi) is 6.43. The molecule has 2 rings (SSSR count). The summed E-state index contributed by atoms with van der Waals surface area (Å²) >= 11 is 0. The molecule has 1 aromatic heterocycles. The van der Waals surface area contributed by atoms with Gasteiger partial charge in [-0.25, -0.2) is 13.2 Å². The number of amides is 1. The van der Waals surface area contributed by atoms with Gasteiger partial charge in [0.2, 0.25) is 5.91 Å². The van der Waals surface area contributed by atoms with Gasteiger partial charge >= 0.3 is 5.97 Å². The average Bonchev–Trinajstić information content (AvgIpc) is 2.86. The lowest BCUT2D eigenvalue weighted by Crippen LogP contribution is -2.55. The number of sulfone groups is 1. The first-order chi connectivity index (χ1) is 10.7. The molecule has 1 fully saturated rings. The molecule has 1 saturated heterocycles. The number of anilines is 1. The number of nitrogens with zero attached hydrogens (tertiary/aromatic N) is 1. The molecule has 0 aliphatic carbocycles. The van der Waals surface area contributed by atoms with Crippen molar-refractivity contribution in [2.75, 3.05) is 31.8 Å². The quantitative estimate of drug-likeness (QED) is 0.730. The fourth-order valence-electron chi connectivity index (χ4n) is 2.78. The van der Waals surface area contributed by atoms with Crippen molar-refractivity contribution in [3.05, 3.63) is 18.0 Å². The van der Waals surface area contributed by atoms with E-state index in [0.29, 0.717) is 18.8 Å². The van der Waals surface area contributed by atoms with Gasteiger partial charge in [0, 0.05) is 19.5 Å². The number of esters is 1. The number of rotatable bonds is 4.